The van der Waals surface area contributed by atoms with Crippen molar-refractivity contribution in [3.05, 3.63) is 71.2 Å². The molecule has 5 nitrogen and oxygen atoms in total. The molecular weight excluding hydrogens is 424 g/mol. The van der Waals surface area contributed by atoms with Crippen LogP contribution >= 0.6 is 27.7 Å². The highest BCUT2D eigenvalue weighted by Crippen LogP contribution is 2.25. The van der Waals surface area contributed by atoms with Crippen LogP contribution in [0.25, 0.3) is 11.4 Å². The maximum absolute atomic E-state index is 12.3. The molecule has 1 amide bonds. The number of halogens is 1. The summed E-state index contributed by atoms with van der Waals surface area (Å²) in [6.07, 6.45) is 1.79. The number of carbonyl (C=O) groups excluding carboxylic acids is 1. The molecule has 0 unspecified atom stereocenters. The second-order valence-electron chi connectivity index (χ2n) is 5.86. The Labute approximate surface area is 171 Å². The number of rotatable bonds is 7. The van der Waals surface area contributed by atoms with Crippen LogP contribution in [0, 0.1) is 6.92 Å². The maximum Gasteiger partial charge on any atom is 0.234 e. The Kier molecular flexibility index (Phi) is 6.47. The Balaban J connectivity index is 1.73. The van der Waals surface area contributed by atoms with E-state index in [0.717, 1.165) is 27.1 Å². The largest absolute Gasteiger partial charge is 0.325 e. The maximum atomic E-state index is 12.3. The van der Waals surface area contributed by atoms with Crippen molar-refractivity contribution in [1.29, 1.82) is 0 Å². The smallest absolute Gasteiger partial charge is 0.234 e. The first-order valence-electron chi connectivity index (χ1n) is 8.37. The Morgan fingerprint density at radius 1 is 1.22 bits per heavy atom. The van der Waals surface area contributed by atoms with Crippen LogP contribution in [0.3, 0.4) is 0 Å². The van der Waals surface area contributed by atoms with E-state index in [1.54, 1.807) is 6.08 Å². The number of aryl methyl sites for hydroxylation is 1. The quantitative estimate of drug-likeness (QED) is 0.416. The zero-order chi connectivity index (χ0) is 19.2. The van der Waals surface area contributed by atoms with Gasteiger partial charge in [-0.05, 0) is 30.7 Å². The molecule has 0 fully saturated rings. The number of amides is 1. The van der Waals surface area contributed by atoms with E-state index in [2.05, 4.69) is 38.0 Å². The minimum Gasteiger partial charge on any atom is -0.325 e. The summed E-state index contributed by atoms with van der Waals surface area (Å²) in [5, 5.41) is 12.2. The molecule has 1 aromatic heterocycles. The summed E-state index contributed by atoms with van der Waals surface area (Å²) in [5.74, 6) is 0.932. The van der Waals surface area contributed by atoms with Gasteiger partial charge >= 0.3 is 0 Å². The molecule has 1 heterocycles. The molecule has 27 heavy (non-hydrogen) atoms. The molecule has 2 aromatic carbocycles. The van der Waals surface area contributed by atoms with Crippen molar-refractivity contribution in [2.45, 2.75) is 18.6 Å². The number of anilines is 1. The van der Waals surface area contributed by atoms with Crippen LogP contribution in [0.1, 0.15) is 5.56 Å². The number of hydrogen-bond donors (Lipinski definition) is 1. The van der Waals surface area contributed by atoms with Crippen molar-refractivity contribution in [2.75, 3.05) is 11.1 Å². The van der Waals surface area contributed by atoms with Gasteiger partial charge in [0.25, 0.3) is 0 Å². The van der Waals surface area contributed by atoms with Gasteiger partial charge in [0.2, 0.25) is 5.91 Å². The lowest BCUT2D eigenvalue weighted by atomic mass is 10.2. The lowest BCUT2D eigenvalue weighted by Gasteiger charge is -2.09. The Morgan fingerprint density at radius 3 is 2.67 bits per heavy atom. The predicted octanol–water partition coefficient (Wildman–Crippen LogP) is 4.93. The molecule has 0 aliphatic heterocycles. The molecule has 0 radical (unpaired) electrons. The van der Waals surface area contributed by atoms with E-state index in [9.17, 15) is 4.79 Å². The molecular formula is C20H19BrN4OS. The number of carbonyl (C=O) groups is 1. The van der Waals surface area contributed by atoms with Crippen LogP contribution in [-0.4, -0.2) is 26.4 Å². The number of nitrogens with zero attached hydrogens (tertiary/aromatic N) is 3. The molecule has 0 atom stereocenters. The van der Waals surface area contributed by atoms with E-state index in [1.165, 1.54) is 11.8 Å². The topological polar surface area (TPSA) is 59.8 Å². The zero-order valence-electron chi connectivity index (χ0n) is 14.9. The van der Waals surface area contributed by atoms with Crippen LogP contribution in [0.2, 0.25) is 0 Å². The summed E-state index contributed by atoms with van der Waals surface area (Å²) in [7, 11) is 0. The third kappa shape index (κ3) is 4.87. The van der Waals surface area contributed by atoms with Gasteiger partial charge < -0.3 is 5.32 Å². The van der Waals surface area contributed by atoms with Gasteiger partial charge in [0, 0.05) is 22.3 Å². The summed E-state index contributed by atoms with van der Waals surface area (Å²) in [5.41, 5.74) is 2.82. The second kappa shape index (κ2) is 9.01. The molecule has 0 saturated carbocycles. The monoisotopic (exact) mass is 442 g/mol. The number of allylic oxidation sites excluding steroid dienone is 1. The lowest BCUT2D eigenvalue weighted by Crippen LogP contribution is -2.15. The average Bonchev–Trinajstić information content (AvgIpc) is 3.06. The highest BCUT2D eigenvalue weighted by atomic mass is 79.9. The number of benzene rings is 2. The molecule has 138 valence electrons. The average molecular weight is 443 g/mol. The van der Waals surface area contributed by atoms with Gasteiger partial charge in [-0.3, -0.25) is 9.36 Å². The second-order valence-corrected chi connectivity index (χ2v) is 7.72. The summed E-state index contributed by atoms with van der Waals surface area (Å²) in [4.78, 5) is 12.3. The first kappa shape index (κ1) is 19.4. The summed E-state index contributed by atoms with van der Waals surface area (Å²) in [6.45, 7) is 6.35. The van der Waals surface area contributed by atoms with Gasteiger partial charge in [0.15, 0.2) is 11.0 Å². The molecule has 3 rings (SSSR count). The molecule has 3 aromatic rings. The van der Waals surface area contributed by atoms with E-state index >= 15 is 0 Å². The summed E-state index contributed by atoms with van der Waals surface area (Å²) >= 11 is 4.80. The van der Waals surface area contributed by atoms with Crippen molar-refractivity contribution >= 4 is 39.3 Å². The van der Waals surface area contributed by atoms with Gasteiger partial charge in [-0.1, -0.05) is 64.1 Å². The van der Waals surface area contributed by atoms with Crippen LogP contribution in [-0.2, 0) is 11.3 Å². The van der Waals surface area contributed by atoms with E-state index < -0.39 is 0 Å². The molecule has 0 saturated heterocycles. The fourth-order valence-electron chi connectivity index (χ4n) is 2.53. The van der Waals surface area contributed by atoms with Gasteiger partial charge in [0.1, 0.15) is 0 Å². The Hall–Kier alpha value is -2.38. The molecule has 0 spiro atoms. The molecule has 0 aliphatic rings. The van der Waals surface area contributed by atoms with Crippen LogP contribution in [0.4, 0.5) is 5.69 Å². The van der Waals surface area contributed by atoms with Crippen LogP contribution < -0.4 is 5.32 Å². The number of hydrogen-bond acceptors (Lipinski definition) is 4. The summed E-state index contributed by atoms with van der Waals surface area (Å²) < 4.78 is 2.96. The van der Waals surface area contributed by atoms with Gasteiger partial charge in [0.05, 0.1) is 5.75 Å². The van der Waals surface area contributed by atoms with Crippen molar-refractivity contribution in [3.63, 3.8) is 0 Å². The normalized spacial score (nSPS) is 10.6. The first-order chi connectivity index (χ1) is 13.1. The van der Waals surface area contributed by atoms with Crippen molar-refractivity contribution < 1.29 is 4.79 Å². The standard InChI is InChI=1S/C20H19BrN4OS/c1-3-12-25-19(15-8-10-16(21)11-9-15)23-24-20(25)27-13-18(26)22-17-7-5-4-6-14(17)2/h3-11H,1,12-13H2,2H3,(H,22,26). The molecule has 0 bridgehead atoms. The highest BCUT2D eigenvalue weighted by Gasteiger charge is 2.15. The Morgan fingerprint density at radius 2 is 1.96 bits per heavy atom. The number of para-hydroxylation sites is 1. The molecule has 7 heteroatoms. The highest BCUT2D eigenvalue weighted by molar-refractivity contribution is 9.10. The minimum atomic E-state index is -0.0763. The third-order valence-electron chi connectivity index (χ3n) is 3.88. The SMILES string of the molecule is C=CCn1c(SCC(=O)Nc2ccccc2C)nnc1-c1ccc(Br)cc1. The van der Waals surface area contributed by atoms with Crippen LogP contribution in [0.15, 0.2) is 70.8 Å². The van der Waals surface area contributed by atoms with Crippen LogP contribution in [0.5, 0.6) is 0 Å². The van der Waals surface area contributed by atoms with Crippen molar-refractivity contribution in [2.24, 2.45) is 0 Å². The number of nitrogens with one attached hydrogen (secondary N) is 1. The van der Waals surface area contributed by atoms with E-state index in [-0.39, 0.29) is 11.7 Å². The summed E-state index contributed by atoms with van der Waals surface area (Å²) in [6, 6.07) is 15.6. The van der Waals surface area contributed by atoms with E-state index in [0.29, 0.717) is 11.7 Å². The van der Waals surface area contributed by atoms with E-state index in [1.807, 2.05) is 60.0 Å². The third-order valence-corrected chi connectivity index (χ3v) is 5.38. The molecule has 0 aliphatic carbocycles. The Bertz CT molecular complexity index is 953. The van der Waals surface area contributed by atoms with E-state index in [4.69, 9.17) is 0 Å². The first-order valence-corrected chi connectivity index (χ1v) is 10.1. The fourth-order valence-corrected chi connectivity index (χ4v) is 3.54. The van der Waals surface area contributed by atoms with Crippen molar-refractivity contribution in [3.8, 4) is 11.4 Å². The number of thioether (sulfide) groups is 1. The van der Waals surface area contributed by atoms with Gasteiger partial charge in [-0.15, -0.1) is 16.8 Å². The molecule has 1 N–H and O–H groups in total. The number of aromatic nitrogens is 3. The predicted molar refractivity (Wildman–Crippen MR) is 114 cm³/mol. The van der Waals surface area contributed by atoms with Gasteiger partial charge in [-0.2, -0.15) is 0 Å². The van der Waals surface area contributed by atoms with Crippen molar-refractivity contribution in [1.82, 2.24) is 14.8 Å². The zero-order valence-corrected chi connectivity index (χ0v) is 17.3. The van der Waals surface area contributed by atoms with Gasteiger partial charge in [-0.25, -0.2) is 0 Å². The fraction of sp³-hybridized carbons (Fsp3) is 0.150. The lowest BCUT2D eigenvalue weighted by molar-refractivity contribution is -0.113. The minimum absolute atomic E-state index is 0.0763.